The highest BCUT2D eigenvalue weighted by molar-refractivity contribution is 6.46. The first-order valence-corrected chi connectivity index (χ1v) is 12.2. The standard InChI is InChI=1S/C27H29N5O4/c1-19-21(18-29-32(19)20-8-3-2-4-9-20)25(33)23-24(22-10-5-6-11-28-22)31(27(35)26(23)34)13-7-12-30-14-16-36-17-15-30/h2-6,8-11,18,24,33H,7,12-17H2,1H3/b25-23+. The van der Waals surface area contributed by atoms with Crippen molar-refractivity contribution in [2.24, 2.45) is 0 Å². The van der Waals surface area contributed by atoms with E-state index in [4.69, 9.17) is 4.74 Å². The lowest BCUT2D eigenvalue weighted by atomic mass is 9.98. The summed E-state index contributed by atoms with van der Waals surface area (Å²) in [5, 5.41) is 15.8. The van der Waals surface area contributed by atoms with Crippen molar-refractivity contribution in [1.29, 1.82) is 0 Å². The maximum atomic E-state index is 13.3. The molecule has 1 amide bonds. The minimum atomic E-state index is -0.768. The van der Waals surface area contributed by atoms with Gasteiger partial charge in [-0.05, 0) is 37.6 Å². The second-order valence-electron chi connectivity index (χ2n) is 8.95. The predicted molar refractivity (Wildman–Crippen MR) is 133 cm³/mol. The number of carbonyl (C=O) groups excluding carboxylic acids is 2. The zero-order valence-corrected chi connectivity index (χ0v) is 20.2. The monoisotopic (exact) mass is 487 g/mol. The molecular formula is C27H29N5O4. The van der Waals surface area contributed by atoms with E-state index in [1.165, 1.54) is 11.1 Å². The lowest BCUT2D eigenvalue weighted by Crippen LogP contribution is -2.39. The van der Waals surface area contributed by atoms with Gasteiger partial charge in [0.15, 0.2) is 0 Å². The Morgan fingerprint density at radius 3 is 2.53 bits per heavy atom. The van der Waals surface area contributed by atoms with Crippen LogP contribution in [0.3, 0.4) is 0 Å². The fourth-order valence-corrected chi connectivity index (χ4v) is 4.86. The van der Waals surface area contributed by atoms with Crippen molar-refractivity contribution in [3.8, 4) is 5.69 Å². The Morgan fingerprint density at radius 1 is 1.06 bits per heavy atom. The number of pyridine rings is 1. The summed E-state index contributed by atoms with van der Waals surface area (Å²) in [5.41, 5.74) is 2.49. The summed E-state index contributed by atoms with van der Waals surface area (Å²) >= 11 is 0. The van der Waals surface area contributed by atoms with Crippen molar-refractivity contribution in [2.45, 2.75) is 19.4 Å². The number of hydrogen-bond donors (Lipinski definition) is 1. The molecule has 1 atom stereocenters. The van der Waals surface area contributed by atoms with E-state index in [2.05, 4.69) is 15.0 Å². The molecule has 1 aromatic carbocycles. The number of para-hydroxylation sites is 1. The number of likely N-dealkylation sites (tertiary alicyclic amines) is 1. The number of aliphatic hydroxyl groups is 1. The van der Waals surface area contributed by atoms with Gasteiger partial charge in [0.2, 0.25) is 0 Å². The summed E-state index contributed by atoms with van der Waals surface area (Å²) in [5.74, 6) is -1.57. The number of carbonyl (C=O) groups is 2. The number of hydrogen-bond acceptors (Lipinski definition) is 7. The highest BCUT2D eigenvalue weighted by atomic mass is 16.5. The van der Waals surface area contributed by atoms with Crippen molar-refractivity contribution >= 4 is 17.4 Å². The van der Waals surface area contributed by atoms with E-state index in [0.29, 0.717) is 43.1 Å². The molecule has 4 heterocycles. The summed E-state index contributed by atoms with van der Waals surface area (Å²) in [6, 6.07) is 14.1. The van der Waals surface area contributed by atoms with E-state index in [1.54, 1.807) is 23.0 Å². The second-order valence-corrected chi connectivity index (χ2v) is 8.95. The second kappa shape index (κ2) is 10.4. The summed E-state index contributed by atoms with van der Waals surface area (Å²) in [4.78, 5) is 34.7. The Balaban J connectivity index is 1.49. The van der Waals surface area contributed by atoms with Gasteiger partial charge in [0.25, 0.3) is 11.7 Å². The number of benzene rings is 1. The minimum absolute atomic E-state index is 0.0424. The van der Waals surface area contributed by atoms with Crippen LogP contribution in [-0.2, 0) is 14.3 Å². The van der Waals surface area contributed by atoms with E-state index < -0.39 is 17.7 Å². The molecule has 186 valence electrons. The molecule has 2 aromatic heterocycles. The quantitative estimate of drug-likeness (QED) is 0.311. The van der Waals surface area contributed by atoms with Crippen LogP contribution in [-0.4, -0.2) is 80.8 Å². The normalized spacial score (nSPS) is 20.2. The number of ether oxygens (including phenoxy) is 1. The average molecular weight is 488 g/mol. The number of aromatic nitrogens is 3. The van der Waals surface area contributed by atoms with Gasteiger partial charge in [-0.1, -0.05) is 24.3 Å². The van der Waals surface area contributed by atoms with E-state index in [0.717, 1.165) is 25.3 Å². The Hall–Kier alpha value is -3.82. The van der Waals surface area contributed by atoms with Gasteiger partial charge < -0.3 is 14.7 Å². The number of amides is 1. The van der Waals surface area contributed by atoms with Crippen molar-refractivity contribution in [2.75, 3.05) is 39.4 Å². The third-order valence-corrected chi connectivity index (χ3v) is 6.75. The minimum Gasteiger partial charge on any atom is -0.507 e. The van der Waals surface area contributed by atoms with Gasteiger partial charge in [0.1, 0.15) is 11.8 Å². The first kappa shape index (κ1) is 23.9. The molecule has 0 bridgehead atoms. The molecule has 36 heavy (non-hydrogen) atoms. The lowest BCUT2D eigenvalue weighted by molar-refractivity contribution is -0.140. The van der Waals surface area contributed by atoms with E-state index in [1.807, 2.05) is 43.3 Å². The molecule has 0 radical (unpaired) electrons. The van der Waals surface area contributed by atoms with Crippen LogP contribution in [0, 0.1) is 6.92 Å². The third kappa shape index (κ3) is 4.55. The van der Waals surface area contributed by atoms with Gasteiger partial charge in [-0.15, -0.1) is 0 Å². The lowest BCUT2D eigenvalue weighted by Gasteiger charge is -2.28. The molecule has 5 rings (SSSR count). The van der Waals surface area contributed by atoms with Gasteiger partial charge in [0, 0.05) is 32.4 Å². The Morgan fingerprint density at radius 2 is 1.81 bits per heavy atom. The summed E-state index contributed by atoms with van der Waals surface area (Å²) in [6.07, 6.45) is 3.85. The highest BCUT2D eigenvalue weighted by Crippen LogP contribution is 2.39. The highest BCUT2D eigenvalue weighted by Gasteiger charge is 2.46. The van der Waals surface area contributed by atoms with Crippen molar-refractivity contribution in [3.63, 3.8) is 0 Å². The van der Waals surface area contributed by atoms with Crippen molar-refractivity contribution in [1.82, 2.24) is 24.6 Å². The number of ketones is 1. The SMILES string of the molecule is Cc1c(/C(O)=C2\C(=O)C(=O)N(CCCN3CCOCC3)C2c2ccccn2)cnn1-c1ccccc1. The molecule has 2 aliphatic heterocycles. The Labute approximate surface area is 209 Å². The summed E-state index contributed by atoms with van der Waals surface area (Å²) in [7, 11) is 0. The molecule has 1 N–H and O–H groups in total. The maximum Gasteiger partial charge on any atom is 0.295 e. The molecule has 0 saturated carbocycles. The van der Waals surface area contributed by atoms with Crippen LogP contribution in [0.5, 0.6) is 0 Å². The predicted octanol–water partition coefficient (Wildman–Crippen LogP) is 2.72. The third-order valence-electron chi connectivity index (χ3n) is 6.75. The number of nitrogens with zero attached hydrogens (tertiary/aromatic N) is 5. The molecule has 2 saturated heterocycles. The largest absolute Gasteiger partial charge is 0.507 e. The fraction of sp³-hybridized carbons (Fsp3) is 0.333. The molecular weight excluding hydrogens is 458 g/mol. The van der Waals surface area contributed by atoms with Crippen LogP contribution in [0.15, 0.2) is 66.5 Å². The maximum absolute atomic E-state index is 13.3. The zero-order valence-electron chi connectivity index (χ0n) is 20.2. The smallest absolute Gasteiger partial charge is 0.295 e. The van der Waals surface area contributed by atoms with Gasteiger partial charge in [-0.25, -0.2) is 4.68 Å². The van der Waals surface area contributed by atoms with Crippen LogP contribution in [0.25, 0.3) is 11.4 Å². The number of morpholine rings is 1. The van der Waals surface area contributed by atoms with Gasteiger partial charge in [-0.2, -0.15) is 5.10 Å². The van der Waals surface area contributed by atoms with E-state index in [-0.39, 0.29) is 11.3 Å². The first-order valence-electron chi connectivity index (χ1n) is 12.2. The fourth-order valence-electron chi connectivity index (χ4n) is 4.86. The average Bonchev–Trinajstić information content (AvgIpc) is 3.42. The molecule has 3 aromatic rings. The van der Waals surface area contributed by atoms with Crippen LogP contribution in [0.1, 0.15) is 29.4 Å². The Kier molecular flexibility index (Phi) is 6.92. The number of Topliss-reactive ketones (excluding diaryl/α,β-unsaturated/α-hetero) is 1. The van der Waals surface area contributed by atoms with Crippen LogP contribution in [0.4, 0.5) is 0 Å². The molecule has 1 unspecified atom stereocenters. The van der Waals surface area contributed by atoms with Gasteiger partial charge >= 0.3 is 0 Å². The molecule has 2 fully saturated rings. The van der Waals surface area contributed by atoms with Crippen LogP contribution < -0.4 is 0 Å². The summed E-state index contributed by atoms with van der Waals surface area (Å²) < 4.78 is 7.11. The number of aliphatic hydroxyl groups excluding tert-OH is 1. The molecule has 2 aliphatic rings. The summed E-state index contributed by atoms with van der Waals surface area (Å²) in [6.45, 7) is 6.11. The first-order chi connectivity index (χ1) is 17.6. The molecule has 9 nitrogen and oxygen atoms in total. The van der Waals surface area contributed by atoms with Gasteiger partial charge in [-0.3, -0.25) is 19.5 Å². The molecule has 0 aliphatic carbocycles. The van der Waals surface area contributed by atoms with Crippen molar-refractivity contribution in [3.05, 3.63) is 83.4 Å². The Bertz CT molecular complexity index is 1270. The van der Waals surface area contributed by atoms with Crippen LogP contribution in [0.2, 0.25) is 0 Å². The van der Waals surface area contributed by atoms with E-state index >= 15 is 0 Å². The van der Waals surface area contributed by atoms with E-state index in [9.17, 15) is 14.7 Å². The number of rotatable bonds is 7. The zero-order chi connectivity index (χ0) is 25.1. The van der Waals surface area contributed by atoms with Crippen molar-refractivity contribution < 1.29 is 19.4 Å². The van der Waals surface area contributed by atoms with Gasteiger partial charge in [0.05, 0.1) is 47.6 Å². The van der Waals surface area contributed by atoms with Crippen LogP contribution >= 0.6 is 0 Å². The molecule has 9 heteroatoms. The topological polar surface area (TPSA) is 101 Å². The molecule has 0 spiro atoms.